The van der Waals surface area contributed by atoms with Gasteiger partial charge in [0.25, 0.3) is 0 Å². The standard InChI is InChI=1S/C24H28N2O2/c27-22(17-19-10-12-21(13-11-19)26-16-6-9-23(26)28)25-18-24(14-4-5-15-24)20-7-2-1-3-8-20/h1-3,7-8,10-13H,4-6,9,14-18H2,(H,25,27). The van der Waals surface area contributed by atoms with Crippen LogP contribution in [0.5, 0.6) is 0 Å². The molecule has 2 aromatic rings. The van der Waals surface area contributed by atoms with Crippen LogP contribution in [0.3, 0.4) is 0 Å². The summed E-state index contributed by atoms with van der Waals surface area (Å²) in [5.41, 5.74) is 3.33. The first kappa shape index (κ1) is 18.7. The van der Waals surface area contributed by atoms with E-state index in [-0.39, 0.29) is 17.2 Å². The van der Waals surface area contributed by atoms with Crippen LogP contribution in [0.15, 0.2) is 54.6 Å². The Labute approximate surface area is 166 Å². The van der Waals surface area contributed by atoms with Crippen molar-refractivity contribution in [1.29, 1.82) is 0 Å². The van der Waals surface area contributed by atoms with E-state index in [1.807, 2.05) is 35.2 Å². The van der Waals surface area contributed by atoms with Crippen LogP contribution >= 0.6 is 0 Å². The summed E-state index contributed by atoms with van der Waals surface area (Å²) in [5, 5.41) is 3.19. The average Bonchev–Trinajstić information content (AvgIpc) is 3.38. The number of hydrogen-bond donors (Lipinski definition) is 1. The minimum atomic E-state index is 0.0622. The molecule has 0 atom stereocenters. The predicted molar refractivity (Wildman–Crippen MR) is 111 cm³/mol. The molecule has 1 aliphatic heterocycles. The molecular formula is C24H28N2O2. The number of anilines is 1. The maximum atomic E-state index is 12.6. The first-order valence-electron chi connectivity index (χ1n) is 10.4. The lowest BCUT2D eigenvalue weighted by atomic mass is 9.79. The molecular weight excluding hydrogens is 348 g/mol. The summed E-state index contributed by atoms with van der Waals surface area (Å²) in [6.45, 7) is 1.50. The van der Waals surface area contributed by atoms with Crippen molar-refractivity contribution < 1.29 is 9.59 Å². The summed E-state index contributed by atoms with van der Waals surface area (Å²) >= 11 is 0. The van der Waals surface area contributed by atoms with Crippen LogP contribution in [0.25, 0.3) is 0 Å². The van der Waals surface area contributed by atoms with Crippen LogP contribution in [0.4, 0.5) is 5.69 Å². The van der Waals surface area contributed by atoms with Crippen molar-refractivity contribution in [3.05, 3.63) is 65.7 Å². The lowest BCUT2D eigenvalue weighted by Gasteiger charge is -2.30. The lowest BCUT2D eigenvalue weighted by Crippen LogP contribution is -2.39. The van der Waals surface area contributed by atoms with Gasteiger partial charge in [-0.2, -0.15) is 0 Å². The third-order valence-electron chi connectivity index (χ3n) is 6.26. The second-order valence-electron chi connectivity index (χ2n) is 8.12. The SMILES string of the molecule is O=C(Cc1ccc(N2CCCC2=O)cc1)NCC1(c2ccccc2)CCCC1. The van der Waals surface area contributed by atoms with Crippen LogP contribution in [-0.4, -0.2) is 24.9 Å². The summed E-state index contributed by atoms with van der Waals surface area (Å²) in [4.78, 5) is 26.2. The van der Waals surface area contributed by atoms with Gasteiger partial charge in [-0.05, 0) is 42.5 Å². The van der Waals surface area contributed by atoms with Gasteiger partial charge in [-0.3, -0.25) is 9.59 Å². The minimum absolute atomic E-state index is 0.0622. The molecule has 0 radical (unpaired) electrons. The van der Waals surface area contributed by atoms with Crippen molar-refractivity contribution in [2.24, 2.45) is 0 Å². The fraction of sp³-hybridized carbons (Fsp3) is 0.417. The zero-order valence-corrected chi connectivity index (χ0v) is 16.3. The highest BCUT2D eigenvalue weighted by molar-refractivity contribution is 5.95. The number of hydrogen-bond acceptors (Lipinski definition) is 2. The fourth-order valence-corrected chi connectivity index (χ4v) is 4.64. The third kappa shape index (κ3) is 3.96. The third-order valence-corrected chi connectivity index (χ3v) is 6.26. The molecule has 2 aromatic carbocycles. The van der Waals surface area contributed by atoms with E-state index in [4.69, 9.17) is 0 Å². The molecule has 0 bridgehead atoms. The van der Waals surface area contributed by atoms with Gasteiger partial charge >= 0.3 is 0 Å². The lowest BCUT2D eigenvalue weighted by molar-refractivity contribution is -0.120. The quantitative estimate of drug-likeness (QED) is 0.829. The van der Waals surface area contributed by atoms with Crippen LogP contribution in [-0.2, 0) is 21.4 Å². The second kappa shape index (κ2) is 8.17. The van der Waals surface area contributed by atoms with Gasteiger partial charge in [0.05, 0.1) is 6.42 Å². The zero-order valence-electron chi connectivity index (χ0n) is 16.3. The first-order valence-corrected chi connectivity index (χ1v) is 10.4. The van der Waals surface area contributed by atoms with E-state index in [2.05, 4.69) is 29.6 Å². The van der Waals surface area contributed by atoms with E-state index < -0.39 is 0 Å². The molecule has 2 fully saturated rings. The Morgan fingerprint density at radius 1 is 0.964 bits per heavy atom. The fourth-order valence-electron chi connectivity index (χ4n) is 4.64. The maximum absolute atomic E-state index is 12.6. The van der Waals surface area contributed by atoms with Crippen molar-refractivity contribution >= 4 is 17.5 Å². The summed E-state index contributed by atoms with van der Waals surface area (Å²) in [5.74, 6) is 0.250. The molecule has 146 valence electrons. The molecule has 2 amide bonds. The van der Waals surface area contributed by atoms with E-state index >= 15 is 0 Å². The van der Waals surface area contributed by atoms with Crippen LogP contribution in [0.2, 0.25) is 0 Å². The highest BCUT2D eigenvalue weighted by atomic mass is 16.2. The van der Waals surface area contributed by atoms with Gasteiger partial charge in [0.1, 0.15) is 0 Å². The molecule has 1 saturated carbocycles. The molecule has 28 heavy (non-hydrogen) atoms. The number of nitrogens with one attached hydrogen (secondary N) is 1. The average molecular weight is 377 g/mol. The van der Waals surface area contributed by atoms with E-state index in [0.29, 0.717) is 19.4 Å². The van der Waals surface area contributed by atoms with E-state index in [9.17, 15) is 9.59 Å². The smallest absolute Gasteiger partial charge is 0.227 e. The van der Waals surface area contributed by atoms with E-state index in [0.717, 1.165) is 37.1 Å². The molecule has 0 aromatic heterocycles. The van der Waals surface area contributed by atoms with Crippen molar-refractivity contribution in [2.45, 2.75) is 50.4 Å². The predicted octanol–water partition coefficient (Wildman–Crippen LogP) is 3.98. The van der Waals surface area contributed by atoms with Crippen LogP contribution in [0, 0.1) is 0 Å². The molecule has 1 aliphatic carbocycles. The van der Waals surface area contributed by atoms with Crippen molar-refractivity contribution in [2.75, 3.05) is 18.0 Å². The van der Waals surface area contributed by atoms with Gasteiger partial charge in [0, 0.05) is 30.6 Å². The molecule has 1 N–H and O–H groups in total. The van der Waals surface area contributed by atoms with Crippen LogP contribution < -0.4 is 10.2 Å². The molecule has 2 aliphatic rings. The largest absolute Gasteiger partial charge is 0.355 e. The highest BCUT2D eigenvalue weighted by Crippen LogP contribution is 2.40. The van der Waals surface area contributed by atoms with Gasteiger partial charge < -0.3 is 10.2 Å². The Morgan fingerprint density at radius 2 is 1.68 bits per heavy atom. The van der Waals surface area contributed by atoms with Gasteiger partial charge in [-0.15, -0.1) is 0 Å². The number of nitrogens with zero attached hydrogens (tertiary/aromatic N) is 1. The number of benzene rings is 2. The minimum Gasteiger partial charge on any atom is -0.355 e. The van der Waals surface area contributed by atoms with Crippen molar-refractivity contribution in [3.8, 4) is 0 Å². The summed E-state index contributed by atoms with van der Waals surface area (Å²) in [7, 11) is 0. The first-order chi connectivity index (χ1) is 13.7. The molecule has 0 spiro atoms. The Balaban J connectivity index is 1.36. The molecule has 1 heterocycles. The van der Waals surface area contributed by atoms with E-state index in [1.165, 1.54) is 18.4 Å². The molecule has 4 heteroatoms. The number of carbonyl (C=O) groups is 2. The Hall–Kier alpha value is -2.62. The van der Waals surface area contributed by atoms with Gasteiger partial charge in [0.2, 0.25) is 11.8 Å². The summed E-state index contributed by atoms with van der Waals surface area (Å²) < 4.78 is 0. The van der Waals surface area contributed by atoms with Crippen molar-refractivity contribution in [3.63, 3.8) is 0 Å². The highest BCUT2D eigenvalue weighted by Gasteiger charge is 2.35. The van der Waals surface area contributed by atoms with Gasteiger partial charge in [-0.1, -0.05) is 55.3 Å². The van der Waals surface area contributed by atoms with Crippen LogP contribution in [0.1, 0.15) is 49.7 Å². The Bertz CT molecular complexity index is 823. The normalized spacial score (nSPS) is 18.4. The second-order valence-corrected chi connectivity index (χ2v) is 8.12. The number of rotatable bonds is 6. The monoisotopic (exact) mass is 376 g/mol. The number of carbonyl (C=O) groups excluding carboxylic acids is 2. The van der Waals surface area contributed by atoms with Gasteiger partial charge in [0.15, 0.2) is 0 Å². The molecule has 1 saturated heterocycles. The summed E-state index contributed by atoms with van der Waals surface area (Å²) in [6, 6.07) is 18.4. The Morgan fingerprint density at radius 3 is 2.32 bits per heavy atom. The topological polar surface area (TPSA) is 49.4 Å². The summed E-state index contributed by atoms with van der Waals surface area (Å²) in [6.07, 6.45) is 6.65. The number of amides is 2. The van der Waals surface area contributed by atoms with Crippen molar-refractivity contribution in [1.82, 2.24) is 5.32 Å². The van der Waals surface area contributed by atoms with E-state index in [1.54, 1.807) is 0 Å². The molecule has 4 rings (SSSR count). The molecule has 4 nitrogen and oxygen atoms in total. The Kier molecular flexibility index (Phi) is 5.47. The zero-order chi connectivity index (χ0) is 19.4. The molecule has 0 unspecified atom stereocenters. The maximum Gasteiger partial charge on any atom is 0.227 e. The van der Waals surface area contributed by atoms with Gasteiger partial charge in [-0.25, -0.2) is 0 Å².